The molecule has 0 aromatic heterocycles. The Morgan fingerprint density at radius 3 is 2.42 bits per heavy atom. The van der Waals surface area contributed by atoms with Crippen molar-refractivity contribution in [1.29, 1.82) is 0 Å². The van der Waals surface area contributed by atoms with Crippen LogP contribution in [-0.2, 0) is 15.8 Å². The predicted molar refractivity (Wildman–Crippen MR) is 88.7 cm³/mol. The second-order valence-corrected chi connectivity index (χ2v) is 5.10. The summed E-state index contributed by atoms with van der Waals surface area (Å²) in [6.45, 7) is -0.552. The van der Waals surface area contributed by atoms with E-state index >= 15 is 0 Å². The number of hydrogen-bond donors (Lipinski definition) is 2. The fourth-order valence-corrected chi connectivity index (χ4v) is 1.86. The summed E-state index contributed by atoms with van der Waals surface area (Å²) in [6.07, 6.45) is -1.72. The van der Waals surface area contributed by atoms with E-state index in [-0.39, 0.29) is 5.75 Å². The highest BCUT2D eigenvalue weighted by molar-refractivity contribution is 5.93. The first-order chi connectivity index (χ1) is 12.3. The third-order valence-electron chi connectivity index (χ3n) is 3.08. The van der Waals surface area contributed by atoms with Crippen molar-refractivity contribution in [2.45, 2.75) is 6.18 Å². The van der Waals surface area contributed by atoms with Crippen molar-refractivity contribution in [1.82, 2.24) is 10.9 Å². The zero-order valence-corrected chi connectivity index (χ0v) is 13.4. The van der Waals surface area contributed by atoms with Gasteiger partial charge >= 0.3 is 6.18 Å². The average molecular weight is 364 g/mol. The van der Waals surface area contributed by atoms with Crippen LogP contribution < -0.4 is 15.6 Å². The van der Waals surface area contributed by atoms with E-state index < -0.39 is 30.2 Å². The Bertz CT molecular complexity index is 790. The summed E-state index contributed by atoms with van der Waals surface area (Å²) < 4.78 is 42.7. The molecular formula is C18H15F3N2O3. The lowest BCUT2D eigenvalue weighted by atomic mass is 10.2. The average Bonchev–Trinajstić information content (AvgIpc) is 2.63. The first-order valence-electron chi connectivity index (χ1n) is 7.46. The van der Waals surface area contributed by atoms with Crippen molar-refractivity contribution in [3.05, 3.63) is 71.8 Å². The van der Waals surface area contributed by atoms with Crippen LogP contribution in [0.15, 0.2) is 60.7 Å². The minimum absolute atomic E-state index is 0.106. The van der Waals surface area contributed by atoms with Crippen LogP contribution in [-0.4, -0.2) is 18.4 Å². The Hall–Kier alpha value is -3.29. The molecule has 2 aromatic rings. The normalized spacial score (nSPS) is 11.2. The Kier molecular flexibility index (Phi) is 6.37. The highest BCUT2D eigenvalue weighted by atomic mass is 19.4. The predicted octanol–water partition coefficient (Wildman–Crippen LogP) is 2.95. The molecule has 2 aromatic carbocycles. The van der Waals surface area contributed by atoms with Crippen molar-refractivity contribution >= 4 is 17.9 Å². The lowest BCUT2D eigenvalue weighted by Gasteiger charge is -2.10. The van der Waals surface area contributed by atoms with Crippen LogP contribution >= 0.6 is 0 Å². The molecule has 0 aliphatic heterocycles. The van der Waals surface area contributed by atoms with E-state index in [1.54, 1.807) is 18.2 Å². The molecule has 0 spiro atoms. The Morgan fingerprint density at radius 1 is 1.00 bits per heavy atom. The number of carbonyl (C=O) groups excluding carboxylic acids is 2. The number of amides is 2. The Labute approximate surface area is 147 Å². The third-order valence-corrected chi connectivity index (χ3v) is 3.08. The zero-order chi connectivity index (χ0) is 19.0. The minimum atomic E-state index is -4.50. The largest absolute Gasteiger partial charge is 0.484 e. The molecule has 0 unspecified atom stereocenters. The van der Waals surface area contributed by atoms with Gasteiger partial charge in [-0.15, -0.1) is 0 Å². The molecule has 0 saturated heterocycles. The Balaban J connectivity index is 1.77. The third kappa shape index (κ3) is 6.31. The molecule has 8 heteroatoms. The smallest absolute Gasteiger partial charge is 0.416 e. The monoisotopic (exact) mass is 364 g/mol. The lowest BCUT2D eigenvalue weighted by Crippen LogP contribution is -2.43. The summed E-state index contributed by atoms with van der Waals surface area (Å²) in [5.41, 5.74) is 4.16. The van der Waals surface area contributed by atoms with Crippen LogP contribution in [0.25, 0.3) is 6.08 Å². The summed E-state index contributed by atoms with van der Waals surface area (Å²) in [5.74, 6) is -1.39. The number of rotatable bonds is 5. The van der Waals surface area contributed by atoms with Crippen molar-refractivity contribution in [2.24, 2.45) is 0 Å². The van der Waals surface area contributed by atoms with E-state index in [1.165, 1.54) is 18.2 Å². The van der Waals surface area contributed by atoms with Crippen LogP contribution in [0.3, 0.4) is 0 Å². The first-order valence-corrected chi connectivity index (χ1v) is 7.46. The van der Waals surface area contributed by atoms with E-state index in [9.17, 15) is 22.8 Å². The summed E-state index contributed by atoms with van der Waals surface area (Å²) in [6, 6.07) is 13.2. The van der Waals surface area contributed by atoms with Gasteiger partial charge in [0.2, 0.25) is 0 Å². The molecule has 0 atom stereocenters. The molecule has 26 heavy (non-hydrogen) atoms. The highest BCUT2D eigenvalue weighted by Gasteiger charge is 2.30. The second kappa shape index (κ2) is 8.70. The van der Waals surface area contributed by atoms with Gasteiger partial charge in [-0.2, -0.15) is 13.2 Å². The number of hydrogen-bond acceptors (Lipinski definition) is 3. The van der Waals surface area contributed by atoms with Crippen LogP contribution in [0.5, 0.6) is 5.75 Å². The molecule has 0 fully saturated rings. The molecule has 0 saturated carbocycles. The molecule has 2 N–H and O–H groups in total. The number of ether oxygens (including phenoxy) is 1. The number of nitrogens with one attached hydrogen (secondary N) is 2. The van der Waals surface area contributed by atoms with Gasteiger partial charge in [0.15, 0.2) is 6.61 Å². The van der Waals surface area contributed by atoms with E-state index in [0.717, 1.165) is 17.7 Å². The fourth-order valence-electron chi connectivity index (χ4n) is 1.86. The van der Waals surface area contributed by atoms with Crippen LogP contribution in [0.4, 0.5) is 13.2 Å². The SMILES string of the molecule is O=C(C=Cc1ccccc1)NNC(=O)COc1cccc(C(F)(F)F)c1. The zero-order valence-electron chi connectivity index (χ0n) is 13.4. The second-order valence-electron chi connectivity index (χ2n) is 5.10. The van der Waals surface area contributed by atoms with Crippen LogP contribution in [0.1, 0.15) is 11.1 Å². The van der Waals surface area contributed by atoms with E-state index in [4.69, 9.17) is 4.74 Å². The van der Waals surface area contributed by atoms with Gasteiger partial charge in [-0.3, -0.25) is 20.4 Å². The molecule has 136 valence electrons. The van der Waals surface area contributed by atoms with E-state index in [1.807, 2.05) is 18.2 Å². The van der Waals surface area contributed by atoms with Gasteiger partial charge in [0, 0.05) is 6.08 Å². The standard InChI is InChI=1S/C18H15F3N2O3/c19-18(20,21)14-7-4-8-15(11-14)26-12-17(25)23-22-16(24)10-9-13-5-2-1-3-6-13/h1-11H,12H2,(H,22,24)(H,23,25). The molecule has 0 heterocycles. The summed E-state index contributed by atoms with van der Waals surface area (Å²) in [5, 5.41) is 0. The Morgan fingerprint density at radius 2 is 1.73 bits per heavy atom. The van der Waals surface area contributed by atoms with Crippen molar-refractivity contribution in [2.75, 3.05) is 6.61 Å². The lowest BCUT2D eigenvalue weighted by molar-refractivity contribution is -0.137. The van der Waals surface area contributed by atoms with Crippen molar-refractivity contribution in [3.63, 3.8) is 0 Å². The fraction of sp³-hybridized carbons (Fsp3) is 0.111. The number of benzene rings is 2. The highest BCUT2D eigenvalue weighted by Crippen LogP contribution is 2.31. The number of hydrazine groups is 1. The van der Waals surface area contributed by atoms with Gasteiger partial charge in [-0.1, -0.05) is 36.4 Å². The molecular weight excluding hydrogens is 349 g/mol. The molecule has 0 aliphatic carbocycles. The maximum absolute atomic E-state index is 12.6. The van der Waals surface area contributed by atoms with Crippen LogP contribution in [0.2, 0.25) is 0 Å². The molecule has 0 bridgehead atoms. The quantitative estimate of drug-likeness (QED) is 0.633. The maximum Gasteiger partial charge on any atom is 0.416 e. The van der Waals surface area contributed by atoms with Gasteiger partial charge < -0.3 is 4.74 Å². The summed E-state index contributed by atoms with van der Waals surface area (Å²) in [4.78, 5) is 23.2. The first kappa shape index (κ1) is 19.0. The number of alkyl halides is 3. The van der Waals surface area contributed by atoms with Gasteiger partial charge in [0.25, 0.3) is 11.8 Å². The van der Waals surface area contributed by atoms with Gasteiger partial charge in [0.1, 0.15) is 5.75 Å². The number of halogens is 3. The minimum Gasteiger partial charge on any atom is -0.484 e. The molecule has 0 aliphatic rings. The van der Waals surface area contributed by atoms with Gasteiger partial charge in [0.05, 0.1) is 5.56 Å². The maximum atomic E-state index is 12.6. The van der Waals surface area contributed by atoms with Crippen molar-refractivity contribution in [3.8, 4) is 5.75 Å². The van der Waals surface area contributed by atoms with E-state index in [0.29, 0.717) is 0 Å². The molecule has 2 rings (SSSR count). The van der Waals surface area contributed by atoms with Gasteiger partial charge in [-0.25, -0.2) is 0 Å². The molecule has 5 nitrogen and oxygen atoms in total. The number of carbonyl (C=O) groups is 2. The molecule has 0 radical (unpaired) electrons. The summed E-state index contributed by atoms with van der Waals surface area (Å²) in [7, 11) is 0. The van der Waals surface area contributed by atoms with Crippen LogP contribution in [0, 0.1) is 0 Å². The molecule has 2 amide bonds. The van der Waals surface area contributed by atoms with Gasteiger partial charge in [-0.05, 0) is 29.8 Å². The van der Waals surface area contributed by atoms with Crippen molar-refractivity contribution < 1.29 is 27.5 Å². The topological polar surface area (TPSA) is 67.4 Å². The van der Waals surface area contributed by atoms with E-state index in [2.05, 4.69) is 10.9 Å². The summed E-state index contributed by atoms with van der Waals surface area (Å²) >= 11 is 0.